The number of ether oxygens (including phenoxy) is 1. The molecule has 1 aliphatic rings. The molecule has 3 aromatic rings. The van der Waals surface area contributed by atoms with Crippen LogP contribution in [0.5, 0.6) is 0 Å². The van der Waals surface area contributed by atoms with E-state index in [1.807, 2.05) is 30.3 Å². The van der Waals surface area contributed by atoms with Crippen molar-refractivity contribution in [1.29, 1.82) is 0 Å². The van der Waals surface area contributed by atoms with Crippen molar-refractivity contribution in [2.75, 3.05) is 32.8 Å². The van der Waals surface area contributed by atoms with Crippen LogP contribution in [-0.4, -0.2) is 61.4 Å². The molecular weight excluding hydrogens is 450 g/mol. The zero-order valence-electron chi connectivity index (χ0n) is 19.0. The van der Waals surface area contributed by atoms with Crippen molar-refractivity contribution in [2.24, 2.45) is 0 Å². The number of rotatable bonds is 9. The van der Waals surface area contributed by atoms with Crippen molar-refractivity contribution in [3.05, 3.63) is 95.8 Å². The first-order chi connectivity index (χ1) is 16.5. The van der Waals surface area contributed by atoms with Gasteiger partial charge >= 0.3 is 5.97 Å². The summed E-state index contributed by atoms with van der Waals surface area (Å²) in [5, 5.41) is 0. The summed E-state index contributed by atoms with van der Waals surface area (Å²) < 4.78 is 33.2. The first-order valence-electron chi connectivity index (χ1n) is 11.4. The number of aromatic nitrogens is 1. The zero-order valence-corrected chi connectivity index (χ0v) is 19.9. The third-order valence-corrected chi connectivity index (χ3v) is 7.75. The van der Waals surface area contributed by atoms with Crippen LogP contribution in [0.1, 0.15) is 27.9 Å². The van der Waals surface area contributed by atoms with Crippen LogP contribution in [0, 0.1) is 0 Å². The molecule has 0 N–H and O–H groups in total. The Kier molecular flexibility index (Phi) is 8.05. The van der Waals surface area contributed by atoms with Gasteiger partial charge in [0.05, 0.1) is 17.1 Å². The van der Waals surface area contributed by atoms with E-state index in [1.54, 1.807) is 24.5 Å². The average molecular weight is 480 g/mol. The lowest BCUT2D eigenvalue weighted by atomic mass is 10.2. The number of carbonyl (C=O) groups excluding carboxylic acids is 1. The molecule has 0 bridgehead atoms. The molecule has 0 spiro atoms. The minimum atomic E-state index is -3.68. The van der Waals surface area contributed by atoms with Crippen LogP contribution in [0.4, 0.5) is 0 Å². The van der Waals surface area contributed by atoms with Gasteiger partial charge in [0.15, 0.2) is 0 Å². The Morgan fingerprint density at radius 1 is 0.912 bits per heavy atom. The van der Waals surface area contributed by atoms with Gasteiger partial charge in [0, 0.05) is 45.1 Å². The quantitative estimate of drug-likeness (QED) is 0.346. The molecule has 2 aromatic carbocycles. The summed E-state index contributed by atoms with van der Waals surface area (Å²) in [7, 11) is -3.68. The standard InChI is InChI=1S/C26H29N3O4S/c30-26(33-18-6-10-22-9-5-13-27-20-22)24-11-4-12-25(19-24)34(31,32)29-16-14-28(15-17-29)21-23-7-2-1-3-8-23/h1-5,7-9,11-13,19-20H,6,10,14-18,21H2. The minimum Gasteiger partial charge on any atom is -0.462 e. The number of esters is 1. The van der Waals surface area contributed by atoms with E-state index >= 15 is 0 Å². The van der Waals surface area contributed by atoms with E-state index in [4.69, 9.17) is 4.74 Å². The number of carbonyl (C=O) groups is 1. The van der Waals surface area contributed by atoms with Gasteiger partial charge in [0.1, 0.15) is 0 Å². The fraction of sp³-hybridized carbons (Fsp3) is 0.308. The van der Waals surface area contributed by atoms with Crippen molar-refractivity contribution in [2.45, 2.75) is 24.3 Å². The molecule has 0 radical (unpaired) electrons. The first-order valence-corrected chi connectivity index (χ1v) is 12.9. The molecule has 7 nitrogen and oxygen atoms in total. The Balaban J connectivity index is 1.30. The van der Waals surface area contributed by atoms with Crippen molar-refractivity contribution < 1.29 is 17.9 Å². The van der Waals surface area contributed by atoms with E-state index in [9.17, 15) is 13.2 Å². The average Bonchev–Trinajstić information content (AvgIpc) is 2.88. The molecule has 8 heteroatoms. The van der Waals surface area contributed by atoms with Gasteiger partial charge in [-0.3, -0.25) is 9.88 Å². The van der Waals surface area contributed by atoms with Crippen molar-refractivity contribution >= 4 is 16.0 Å². The second kappa shape index (κ2) is 11.4. The number of hydrogen-bond donors (Lipinski definition) is 0. The summed E-state index contributed by atoms with van der Waals surface area (Å²) in [4.78, 5) is 18.9. The van der Waals surface area contributed by atoms with Crippen molar-refractivity contribution in [1.82, 2.24) is 14.2 Å². The van der Waals surface area contributed by atoms with Gasteiger partial charge in [-0.2, -0.15) is 4.31 Å². The second-order valence-electron chi connectivity index (χ2n) is 8.29. The Bertz CT molecular complexity index is 1180. The number of sulfonamides is 1. The van der Waals surface area contributed by atoms with Crippen LogP contribution < -0.4 is 0 Å². The normalized spacial score (nSPS) is 15.2. The smallest absolute Gasteiger partial charge is 0.338 e. The number of nitrogens with zero attached hydrogens (tertiary/aromatic N) is 3. The van der Waals surface area contributed by atoms with Gasteiger partial charge in [-0.15, -0.1) is 0 Å². The molecule has 34 heavy (non-hydrogen) atoms. The highest BCUT2D eigenvalue weighted by molar-refractivity contribution is 7.89. The van der Waals surface area contributed by atoms with Gasteiger partial charge < -0.3 is 4.74 Å². The van der Waals surface area contributed by atoms with Crippen molar-refractivity contribution in [3.8, 4) is 0 Å². The summed E-state index contributed by atoms with van der Waals surface area (Å²) in [5.41, 5.74) is 2.53. The summed E-state index contributed by atoms with van der Waals surface area (Å²) in [5.74, 6) is -0.518. The third-order valence-electron chi connectivity index (χ3n) is 5.85. The first kappa shape index (κ1) is 24.1. The maximum atomic E-state index is 13.2. The van der Waals surface area contributed by atoms with Crippen molar-refractivity contribution in [3.63, 3.8) is 0 Å². The van der Waals surface area contributed by atoms with Crippen LogP contribution in [0.25, 0.3) is 0 Å². The van der Waals surface area contributed by atoms with Gasteiger partial charge in [-0.05, 0) is 48.2 Å². The molecule has 1 fully saturated rings. The summed E-state index contributed by atoms with van der Waals surface area (Å²) >= 11 is 0. The van der Waals surface area contributed by atoms with Crippen LogP contribution in [-0.2, 0) is 27.7 Å². The molecule has 0 saturated carbocycles. The topological polar surface area (TPSA) is 79.8 Å². The second-order valence-corrected chi connectivity index (χ2v) is 10.2. The molecule has 0 aliphatic carbocycles. The lowest BCUT2D eigenvalue weighted by Crippen LogP contribution is -2.48. The van der Waals surface area contributed by atoms with Crippen LogP contribution in [0.2, 0.25) is 0 Å². The summed E-state index contributed by atoms with van der Waals surface area (Å²) in [6.45, 7) is 3.21. The molecule has 1 aliphatic heterocycles. The predicted molar refractivity (Wildman–Crippen MR) is 130 cm³/mol. The SMILES string of the molecule is O=C(OCCCc1cccnc1)c1cccc(S(=O)(=O)N2CCN(Cc3ccccc3)CC2)c1. The molecular formula is C26H29N3O4S. The van der Waals surface area contributed by atoms with E-state index in [0.29, 0.717) is 32.6 Å². The molecule has 0 amide bonds. The van der Waals surface area contributed by atoms with Crippen LogP contribution in [0.3, 0.4) is 0 Å². The molecule has 1 aromatic heterocycles. The molecule has 4 rings (SSSR count). The lowest BCUT2D eigenvalue weighted by molar-refractivity contribution is 0.0500. The molecule has 1 saturated heterocycles. The highest BCUT2D eigenvalue weighted by atomic mass is 32.2. The molecule has 0 atom stereocenters. The highest BCUT2D eigenvalue weighted by Crippen LogP contribution is 2.20. The Morgan fingerprint density at radius 2 is 1.68 bits per heavy atom. The predicted octanol–water partition coefficient (Wildman–Crippen LogP) is 3.38. The number of pyridine rings is 1. The van der Waals surface area contributed by atoms with Crippen LogP contribution >= 0.6 is 0 Å². The molecule has 178 valence electrons. The minimum absolute atomic E-state index is 0.119. The summed E-state index contributed by atoms with van der Waals surface area (Å²) in [6, 6.07) is 20.1. The lowest BCUT2D eigenvalue weighted by Gasteiger charge is -2.34. The van der Waals surface area contributed by atoms with E-state index in [2.05, 4.69) is 22.0 Å². The maximum absolute atomic E-state index is 13.2. The molecule has 2 heterocycles. The largest absolute Gasteiger partial charge is 0.462 e. The Hall–Kier alpha value is -3.07. The number of benzene rings is 2. The Morgan fingerprint density at radius 3 is 2.41 bits per heavy atom. The Labute approximate surface area is 201 Å². The van der Waals surface area contributed by atoms with Gasteiger partial charge in [-0.1, -0.05) is 42.5 Å². The zero-order chi connectivity index (χ0) is 23.8. The number of piperazine rings is 1. The van der Waals surface area contributed by atoms with Crippen LogP contribution in [0.15, 0.2) is 84.0 Å². The van der Waals surface area contributed by atoms with Gasteiger partial charge in [0.25, 0.3) is 0 Å². The van der Waals surface area contributed by atoms with Gasteiger partial charge in [0.2, 0.25) is 10.0 Å². The fourth-order valence-electron chi connectivity index (χ4n) is 3.97. The number of hydrogen-bond acceptors (Lipinski definition) is 6. The fourth-order valence-corrected chi connectivity index (χ4v) is 5.44. The highest BCUT2D eigenvalue weighted by Gasteiger charge is 2.29. The van der Waals surface area contributed by atoms with E-state index < -0.39 is 16.0 Å². The maximum Gasteiger partial charge on any atom is 0.338 e. The third kappa shape index (κ3) is 6.28. The van der Waals surface area contributed by atoms with E-state index in [-0.39, 0.29) is 17.1 Å². The summed E-state index contributed by atoms with van der Waals surface area (Å²) in [6.07, 6.45) is 4.93. The number of aryl methyl sites for hydroxylation is 1. The van der Waals surface area contributed by atoms with E-state index in [1.165, 1.54) is 22.0 Å². The molecule has 0 unspecified atom stereocenters. The van der Waals surface area contributed by atoms with E-state index in [0.717, 1.165) is 18.5 Å². The van der Waals surface area contributed by atoms with Gasteiger partial charge in [-0.25, -0.2) is 13.2 Å². The monoisotopic (exact) mass is 479 g/mol.